The number of carbonyl (C=O) groups is 2. The van der Waals surface area contributed by atoms with E-state index in [0.717, 1.165) is 16.7 Å². The lowest BCUT2D eigenvalue weighted by molar-refractivity contribution is -0.140. The van der Waals surface area contributed by atoms with Crippen molar-refractivity contribution in [2.24, 2.45) is 5.41 Å². The van der Waals surface area contributed by atoms with Crippen molar-refractivity contribution in [3.05, 3.63) is 96.1 Å². The highest BCUT2D eigenvalue weighted by Crippen LogP contribution is 2.36. The van der Waals surface area contributed by atoms with Crippen molar-refractivity contribution in [3.8, 4) is 11.1 Å². The van der Waals surface area contributed by atoms with E-state index >= 15 is 0 Å². The van der Waals surface area contributed by atoms with Crippen LogP contribution in [0.1, 0.15) is 24.0 Å². The van der Waals surface area contributed by atoms with Crippen LogP contribution in [-0.4, -0.2) is 36.9 Å². The lowest BCUT2D eigenvalue weighted by Crippen LogP contribution is -2.50. The van der Waals surface area contributed by atoms with Gasteiger partial charge in [0.25, 0.3) is 0 Å². The van der Waals surface area contributed by atoms with Crippen molar-refractivity contribution in [1.82, 2.24) is 10.2 Å². The van der Waals surface area contributed by atoms with Crippen LogP contribution >= 0.6 is 0 Å². The second kappa shape index (κ2) is 9.82. The molecule has 32 heavy (non-hydrogen) atoms. The van der Waals surface area contributed by atoms with E-state index < -0.39 is 5.41 Å². The normalized spacial score (nSPS) is 15.2. The number of nitrogens with one attached hydrogen (secondary N) is 1. The predicted molar refractivity (Wildman–Crippen MR) is 128 cm³/mol. The van der Waals surface area contributed by atoms with Gasteiger partial charge >= 0.3 is 0 Å². The third-order valence-corrected chi connectivity index (χ3v) is 6.56. The molecule has 1 fully saturated rings. The van der Waals surface area contributed by atoms with Gasteiger partial charge in [0.1, 0.15) is 0 Å². The van der Waals surface area contributed by atoms with Crippen molar-refractivity contribution in [1.29, 1.82) is 0 Å². The Morgan fingerprint density at radius 1 is 0.812 bits per heavy atom. The zero-order valence-corrected chi connectivity index (χ0v) is 18.6. The average Bonchev–Trinajstić information content (AvgIpc) is 2.85. The highest BCUT2D eigenvalue weighted by molar-refractivity contribution is 5.84. The number of hydrogen-bond donors (Lipinski definition) is 1. The molecular formula is C28H30N2O2. The molecule has 164 valence electrons. The molecule has 2 amide bonds. The molecule has 3 aromatic carbocycles. The second-order valence-corrected chi connectivity index (χ2v) is 8.65. The van der Waals surface area contributed by atoms with E-state index in [1.807, 2.05) is 53.4 Å². The van der Waals surface area contributed by atoms with E-state index in [1.165, 1.54) is 5.56 Å². The molecule has 4 heteroatoms. The van der Waals surface area contributed by atoms with E-state index in [9.17, 15) is 9.59 Å². The number of amides is 2. The minimum absolute atomic E-state index is 0.0674. The standard InChI is InChI=1S/C28H30N2O2/c1-29-27(32)28(21-23-11-8-14-25(19-23)24-12-6-3-7-13-24)15-17-30(18-16-28)26(31)20-22-9-4-2-5-10-22/h2-14,19H,15-18,20-21H2,1H3,(H,29,32). The number of rotatable bonds is 6. The number of nitrogens with zero attached hydrogens (tertiary/aromatic N) is 1. The van der Waals surface area contributed by atoms with Gasteiger partial charge in [0, 0.05) is 20.1 Å². The quantitative estimate of drug-likeness (QED) is 0.631. The van der Waals surface area contributed by atoms with Crippen molar-refractivity contribution in [3.63, 3.8) is 0 Å². The van der Waals surface area contributed by atoms with Gasteiger partial charge in [-0.2, -0.15) is 0 Å². The van der Waals surface area contributed by atoms with Crippen LogP contribution in [0, 0.1) is 5.41 Å². The van der Waals surface area contributed by atoms with E-state index in [2.05, 4.69) is 41.7 Å². The van der Waals surface area contributed by atoms with Crippen LogP contribution in [0.15, 0.2) is 84.9 Å². The number of likely N-dealkylation sites (tertiary alicyclic amines) is 1. The second-order valence-electron chi connectivity index (χ2n) is 8.65. The summed E-state index contributed by atoms with van der Waals surface area (Å²) < 4.78 is 0. The summed E-state index contributed by atoms with van der Waals surface area (Å²) in [4.78, 5) is 27.7. The molecular weight excluding hydrogens is 396 g/mol. The number of carbonyl (C=O) groups excluding carboxylic acids is 2. The molecule has 0 radical (unpaired) electrons. The SMILES string of the molecule is CNC(=O)C1(Cc2cccc(-c3ccccc3)c2)CCN(C(=O)Cc2ccccc2)CC1. The summed E-state index contributed by atoms with van der Waals surface area (Å²) in [6.07, 6.45) is 2.42. The zero-order chi connectivity index (χ0) is 22.4. The Hall–Kier alpha value is -3.40. The maximum absolute atomic E-state index is 13.0. The fourth-order valence-electron chi connectivity index (χ4n) is 4.70. The lowest BCUT2D eigenvalue weighted by Gasteiger charge is -2.40. The smallest absolute Gasteiger partial charge is 0.226 e. The molecule has 0 aromatic heterocycles. The van der Waals surface area contributed by atoms with Crippen LogP contribution in [0.4, 0.5) is 0 Å². The van der Waals surface area contributed by atoms with Gasteiger partial charge in [-0.15, -0.1) is 0 Å². The topological polar surface area (TPSA) is 49.4 Å². The van der Waals surface area contributed by atoms with E-state index in [-0.39, 0.29) is 11.8 Å². The number of benzene rings is 3. The molecule has 1 N–H and O–H groups in total. The Morgan fingerprint density at radius 3 is 2.06 bits per heavy atom. The van der Waals surface area contributed by atoms with Crippen molar-refractivity contribution in [2.75, 3.05) is 20.1 Å². The van der Waals surface area contributed by atoms with Crippen LogP contribution in [0.2, 0.25) is 0 Å². The highest BCUT2D eigenvalue weighted by Gasteiger charge is 2.41. The summed E-state index contributed by atoms with van der Waals surface area (Å²) in [6.45, 7) is 1.22. The monoisotopic (exact) mass is 426 g/mol. The summed E-state index contributed by atoms with van der Waals surface area (Å²) in [6, 6.07) is 28.6. The third-order valence-electron chi connectivity index (χ3n) is 6.56. The first-order chi connectivity index (χ1) is 15.6. The van der Waals surface area contributed by atoms with Gasteiger partial charge in [0.05, 0.1) is 11.8 Å². The minimum Gasteiger partial charge on any atom is -0.359 e. The van der Waals surface area contributed by atoms with E-state index in [4.69, 9.17) is 0 Å². The first-order valence-electron chi connectivity index (χ1n) is 11.3. The van der Waals surface area contributed by atoms with Crippen LogP contribution in [0.5, 0.6) is 0 Å². The molecule has 4 nitrogen and oxygen atoms in total. The van der Waals surface area contributed by atoms with Gasteiger partial charge < -0.3 is 10.2 Å². The molecule has 0 spiro atoms. The molecule has 1 aliphatic heterocycles. The Morgan fingerprint density at radius 2 is 1.41 bits per heavy atom. The van der Waals surface area contributed by atoms with Crippen molar-refractivity contribution in [2.45, 2.75) is 25.7 Å². The van der Waals surface area contributed by atoms with Crippen LogP contribution < -0.4 is 5.32 Å². The molecule has 4 rings (SSSR count). The maximum Gasteiger partial charge on any atom is 0.226 e. The largest absolute Gasteiger partial charge is 0.359 e. The minimum atomic E-state index is -0.492. The fourth-order valence-corrected chi connectivity index (χ4v) is 4.70. The van der Waals surface area contributed by atoms with Crippen molar-refractivity contribution >= 4 is 11.8 Å². The summed E-state index contributed by atoms with van der Waals surface area (Å²) in [5.74, 6) is 0.200. The summed E-state index contributed by atoms with van der Waals surface area (Å²) in [5, 5.41) is 2.88. The van der Waals surface area contributed by atoms with Gasteiger partial charge in [0.15, 0.2) is 0 Å². The first-order valence-corrected chi connectivity index (χ1v) is 11.3. The van der Waals surface area contributed by atoms with Crippen molar-refractivity contribution < 1.29 is 9.59 Å². The fraction of sp³-hybridized carbons (Fsp3) is 0.286. The van der Waals surface area contributed by atoms with Gasteiger partial charge in [0.2, 0.25) is 11.8 Å². The third kappa shape index (κ3) is 4.91. The van der Waals surface area contributed by atoms with Crippen LogP contribution in [0.3, 0.4) is 0 Å². The van der Waals surface area contributed by atoms with E-state index in [0.29, 0.717) is 38.8 Å². The number of piperidine rings is 1. The lowest BCUT2D eigenvalue weighted by atomic mass is 9.72. The Balaban J connectivity index is 1.48. The molecule has 1 heterocycles. The Labute approximate surface area is 190 Å². The summed E-state index contributed by atoms with van der Waals surface area (Å²) in [5.41, 5.74) is 4.01. The highest BCUT2D eigenvalue weighted by atomic mass is 16.2. The molecule has 0 atom stereocenters. The van der Waals surface area contributed by atoms with Gasteiger partial charge in [-0.05, 0) is 41.5 Å². The molecule has 0 unspecified atom stereocenters. The van der Waals surface area contributed by atoms with Crippen LogP contribution in [-0.2, 0) is 22.4 Å². The molecule has 0 bridgehead atoms. The summed E-state index contributed by atoms with van der Waals surface area (Å²) >= 11 is 0. The Bertz CT molecular complexity index is 1060. The molecule has 1 aliphatic rings. The summed E-state index contributed by atoms with van der Waals surface area (Å²) in [7, 11) is 1.71. The predicted octanol–water partition coefficient (Wildman–Crippen LogP) is 4.49. The van der Waals surface area contributed by atoms with Crippen LogP contribution in [0.25, 0.3) is 11.1 Å². The van der Waals surface area contributed by atoms with Gasteiger partial charge in [-0.3, -0.25) is 9.59 Å². The molecule has 0 saturated carbocycles. The van der Waals surface area contributed by atoms with Gasteiger partial charge in [-0.25, -0.2) is 0 Å². The van der Waals surface area contributed by atoms with E-state index in [1.54, 1.807) is 7.05 Å². The average molecular weight is 427 g/mol. The zero-order valence-electron chi connectivity index (χ0n) is 18.6. The molecule has 0 aliphatic carbocycles. The Kier molecular flexibility index (Phi) is 6.69. The van der Waals surface area contributed by atoms with Gasteiger partial charge in [-0.1, -0.05) is 84.9 Å². The maximum atomic E-state index is 13.0. The molecule has 3 aromatic rings. The number of hydrogen-bond acceptors (Lipinski definition) is 2. The molecule has 1 saturated heterocycles. The first kappa shape index (κ1) is 21.8.